The average Bonchev–Trinajstić information content (AvgIpc) is 3.27. The highest BCUT2D eigenvalue weighted by Crippen LogP contribution is 2.37. The van der Waals surface area contributed by atoms with Crippen LogP contribution in [0, 0.1) is 5.92 Å². The maximum absolute atomic E-state index is 12.6. The van der Waals surface area contributed by atoms with Crippen molar-refractivity contribution in [2.75, 3.05) is 5.32 Å². The molecule has 27 heavy (non-hydrogen) atoms. The third-order valence-electron chi connectivity index (χ3n) is 5.37. The van der Waals surface area contributed by atoms with Crippen molar-refractivity contribution in [2.24, 2.45) is 5.92 Å². The van der Waals surface area contributed by atoms with Crippen molar-refractivity contribution in [3.63, 3.8) is 0 Å². The number of carbonyl (C=O) groups is 1. The summed E-state index contributed by atoms with van der Waals surface area (Å²) in [7, 11) is 0. The lowest BCUT2D eigenvalue weighted by Gasteiger charge is -2.27. The van der Waals surface area contributed by atoms with Crippen LogP contribution in [0.2, 0.25) is 5.15 Å². The first-order valence-electron chi connectivity index (χ1n) is 9.12. The Morgan fingerprint density at radius 2 is 1.93 bits per heavy atom. The van der Waals surface area contributed by atoms with Gasteiger partial charge >= 0.3 is 0 Å². The molecule has 2 fully saturated rings. The first-order chi connectivity index (χ1) is 13.1. The molecule has 0 aliphatic carbocycles. The first kappa shape index (κ1) is 17.1. The van der Waals surface area contributed by atoms with Gasteiger partial charge in [-0.2, -0.15) is 0 Å². The minimum atomic E-state index is 0.0268. The number of anilines is 1. The smallest absolute Gasteiger partial charge is 0.229 e. The quantitative estimate of drug-likeness (QED) is 0.635. The molecule has 3 aromatic rings. The normalized spacial score (nSPS) is 24.3. The van der Waals surface area contributed by atoms with Gasteiger partial charge in [0.05, 0.1) is 17.1 Å². The van der Waals surface area contributed by atoms with E-state index < -0.39 is 0 Å². The van der Waals surface area contributed by atoms with Crippen LogP contribution in [0.15, 0.2) is 36.7 Å². The number of hydrogen-bond acceptors (Lipinski definition) is 5. The molecule has 2 atom stereocenters. The lowest BCUT2D eigenvalue weighted by Crippen LogP contribution is -2.33. The van der Waals surface area contributed by atoms with E-state index in [2.05, 4.69) is 21.4 Å². The van der Waals surface area contributed by atoms with Gasteiger partial charge in [-0.15, -0.1) is 0 Å². The Labute approximate surface area is 165 Å². The minimum absolute atomic E-state index is 0.0268. The number of carbonyl (C=O) groups excluding carboxylic acids is 1. The summed E-state index contributed by atoms with van der Waals surface area (Å²) in [6, 6.07) is 7.97. The van der Waals surface area contributed by atoms with Gasteiger partial charge in [-0.05, 0) is 48.8 Å². The monoisotopic (exact) mass is 399 g/mol. The molecule has 0 saturated carbocycles. The lowest BCUT2D eigenvalue weighted by molar-refractivity contribution is -0.125. The van der Waals surface area contributed by atoms with Crippen molar-refractivity contribution < 1.29 is 9.53 Å². The van der Waals surface area contributed by atoms with E-state index in [0.29, 0.717) is 10.3 Å². The average molecular weight is 400 g/mol. The number of rotatable bonds is 3. The van der Waals surface area contributed by atoms with Gasteiger partial charge in [0.25, 0.3) is 0 Å². The van der Waals surface area contributed by atoms with Crippen LogP contribution in [-0.2, 0) is 9.53 Å². The zero-order valence-electron chi connectivity index (χ0n) is 14.5. The molecule has 4 heterocycles. The fourth-order valence-corrected chi connectivity index (χ4v) is 4.99. The van der Waals surface area contributed by atoms with Crippen molar-refractivity contribution >= 4 is 44.7 Å². The van der Waals surface area contributed by atoms with E-state index in [0.717, 1.165) is 46.9 Å². The Bertz CT molecular complexity index is 1010. The predicted octanol–water partition coefficient (Wildman–Crippen LogP) is 4.91. The summed E-state index contributed by atoms with van der Waals surface area (Å²) < 4.78 is 5.83. The molecule has 2 saturated heterocycles. The molecule has 2 aromatic heterocycles. The molecule has 138 valence electrons. The Kier molecular flexibility index (Phi) is 4.34. The standard InChI is InChI=1S/C20H18ClN3O2S/c21-18-8-13-5-11(1-2-12(13)9-22-18)17-10-23-20(27-17)24-19(25)14-6-15-3-4-16(7-14)26-15/h1-2,5,8-10,14-16H,3-4,6-7H2,(H,23,24,25). The summed E-state index contributed by atoms with van der Waals surface area (Å²) in [4.78, 5) is 22.1. The fourth-order valence-electron chi connectivity index (χ4n) is 4.01. The Morgan fingerprint density at radius 1 is 1.11 bits per heavy atom. The number of amides is 1. The second-order valence-corrected chi connectivity index (χ2v) is 8.63. The van der Waals surface area contributed by atoms with Crippen LogP contribution >= 0.6 is 22.9 Å². The molecule has 1 N–H and O–H groups in total. The van der Waals surface area contributed by atoms with E-state index in [4.69, 9.17) is 16.3 Å². The third-order valence-corrected chi connectivity index (χ3v) is 6.54. The zero-order chi connectivity index (χ0) is 18.4. The highest BCUT2D eigenvalue weighted by Gasteiger charge is 2.38. The van der Waals surface area contributed by atoms with Gasteiger partial charge in [0.1, 0.15) is 5.15 Å². The molecular weight excluding hydrogens is 382 g/mol. The molecule has 5 nitrogen and oxygen atoms in total. The molecule has 0 radical (unpaired) electrons. The van der Waals surface area contributed by atoms with Gasteiger partial charge in [0, 0.05) is 23.7 Å². The number of thiazole rings is 1. The van der Waals surface area contributed by atoms with Gasteiger partial charge in [-0.1, -0.05) is 35.1 Å². The number of pyridine rings is 1. The molecule has 2 aliphatic rings. The summed E-state index contributed by atoms with van der Waals surface area (Å²) in [5.74, 6) is 0.0892. The number of halogens is 1. The highest BCUT2D eigenvalue weighted by molar-refractivity contribution is 7.19. The Morgan fingerprint density at radius 3 is 2.74 bits per heavy atom. The number of fused-ring (bicyclic) bond motifs is 3. The van der Waals surface area contributed by atoms with E-state index in [1.54, 1.807) is 12.4 Å². The zero-order valence-corrected chi connectivity index (χ0v) is 16.1. The van der Waals surface area contributed by atoms with Crippen molar-refractivity contribution in [3.05, 3.63) is 41.8 Å². The molecule has 0 spiro atoms. The largest absolute Gasteiger partial charge is 0.375 e. The summed E-state index contributed by atoms with van der Waals surface area (Å²) in [6.45, 7) is 0. The number of nitrogens with one attached hydrogen (secondary N) is 1. The van der Waals surface area contributed by atoms with Gasteiger partial charge < -0.3 is 10.1 Å². The number of hydrogen-bond donors (Lipinski definition) is 1. The van der Waals surface area contributed by atoms with E-state index in [1.807, 2.05) is 18.2 Å². The fraction of sp³-hybridized carbons (Fsp3) is 0.350. The number of nitrogens with zero attached hydrogens (tertiary/aromatic N) is 2. The van der Waals surface area contributed by atoms with Crippen molar-refractivity contribution in [2.45, 2.75) is 37.9 Å². The number of ether oxygens (including phenoxy) is 1. The molecule has 2 aliphatic heterocycles. The molecule has 1 aromatic carbocycles. The van der Waals surface area contributed by atoms with Gasteiger partial charge in [0.15, 0.2) is 5.13 Å². The van der Waals surface area contributed by atoms with Crippen molar-refractivity contribution in [1.29, 1.82) is 0 Å². The van der Waals surface area contributed by atoms with Crippen LogP contribution in [0.5, 0.6) is 0 Å². The molecule has 7 heteroatoms. The summed E-state index contributed by atoms with van der Waals surface area (Å²) in [5, 5.41) is 6.18. The second-order valence-electron chi connectivity index (χ2n) is 7.21. The molecular formula is C20H18ClN3O2S. The van der Waals surface area contributed by atoms with E-state index in [1.165, 1.54) is 11.3 Å². The molecule has 2 unspecified atom stereocenters. The number of benzene rings is 1. The molecule has 2 bridgehead atoms. The van der Waals surface area contributed by atoms with E-state index in [9.17, 15) is 4.79 Å². The van der Waals surface area contributed by atoms with Crippen molar-refractivity contribution in [3.8, 4) is 10.4 Å². The van der Waals surface area contributed by atoms with Crippen molar-refractivity contribution in [1.82, 2.24) is 9.97 Å². The number of aromatic nitrogens is 2. The van der Waals surface area contributed by atoms with Crippen LogP contribution < -0.4 is 5.32 Å². The highest BCUT2D eigenvalue weighted by atomic mass is 35.5. The van der Waals surface area contributed by atoms with Crippen LogP contribution in [0.25, 0.3) is 21.2 Å². The van der Waals surface area contributed by atoms with Gasteiger partial charge in [-0.3, -0.25) is 4.79 Å². The summed E-state index contributed by atoms with van der Waals surface area (Å²) in [6.07, 6.45) is 7.88. The van der Waals surface area contributed by atoms with Crippen LogP contribution in [0.3, 0.4) is 0 Å². The predicted molar refractivity (Wildman–Crippen MR) is 107 cm³/mol. The molecule has 5 rings (SSSR count). The van der Waals surface area contributed by atoms with Gasteiger partial charge in [-0.25, -0.2) is 9.97 Å². The SMILES string of the molecule is O=C(Nc1ncc(-c2ccc3cnc(Cl)cc3c2)s1)C1CC2CCC(C1)O2. The molecule has 1 amide bonds. The van der Waals surface area contributed by atoms with Crippen LogP contribution in [0.1, 0.15) is 25.7 Å². The van der Waals surface area contributed by atoms with Crippen LogP contribution in [-0.4, -0.2) is 28.1 Å². The maximum atomic E-state index is 12.6. The summed E-state index contributed by atoms with van der Waals surface area (Å²) in [5.41, 5.74) is 1.05. The van der Waals surface area contributed by atoms with E-state index in [-0.39, 0.29) is 24.0 Å². The Hall–Kier alpha value is -2.02. The third kappa shape index (κ3) is 3.45. The topological polar surface area (TPSA) is 64.1 Å². The Balaban J connectivity index is 1.33. The summed E-state index contributed by atoms with van der Waals surface area (Å²) >= 11 is 7.49. The van der Waals surface area contributed by atoms with Gasteiger partial charge in [0.2, 0.25) is 5.91 Å². The second kappa shape index (κ2) is 6.86. The van der Waals surface area contributed by atoms with E-state index >= 15 is 0 Å². The van der Waals surface area contributed by atoms with Crippen LogP contribution in [0.4, 0.5) is 5.13 Å². The lowest BCUT2D eigenvalue weighted by atomic mass is 9.95. The minimum Gasteiger partial charge on any atom is -0.375 e. The maximum Gasteiger partial charge on any atom is 0.229 e. The first-order valence-corrected chi connectivity index (χ1v) is 10.3.